The maximum absolute atomic E-state index is 11.6. The number of nitrogens with two attached hydrogens (primary N) is 1. The third kappa shape index (κ3) is 2.92. The number of ether oxygens (including phenoxy) is 1. The quantitative estimate of drug-likeness (QED) is 0.777. The minimum Gasteiger partial charge on any atom is -0.444 e. The van der Waals surface area contributed by atoms with Gasteiger partial charge in [0.1, 0.15) is 5.60 Å². The summed E-state index contributed by atoms with van der Waals surface area (Å²) in [6, 6.07) is 0. The Kier molecular flexibility index (Phi) is 2.89. The van der Waals surface area contributed by atoms with Crippen LogP contribution >= 0.6 is 0 Å². The molecule has 0 aromatic carbocycles. The number of nitrogens with one attached hydrogen (secondary N) is 1. The summed E-state index contributed by atoms with van der Waals surface area (Å²) in [5.41, 5.74) is 6.12. The highest BCUT2D eigenvalue weighted by molar-refractivity contribution is 5.67. The van der Waals surface area contributed by atoms with Crippen LogP contribution in [0.5, 0.6) is 0 Å². The van der Waals surface area contributed by atoms with Crippen molar-refractivity contribution in [3.8, 4) is 0 Å². The number of amides is 1. The molecule has 2 aliphatic carbocycles. The molecule has 2 fully saturated rings. The molecule has 2 saturated carbocycles. The lowest BCUT2D eigenvalue weighted by Gasteiger charge is -2.27. The van der Waals surface area contributed by atoms with E-state index < -0.39 is 5.60 Å². The largest absolute Gasteiger partial charge is 0.444 e. The third-order valence-corrected chi connectivity index (χ3v) is 4.04. The van der Waals surface area contributed by atoms with Crippen LogP contribution in [-0.2, 0) is 4.74 Å². The van der Waals surface area contributed by atoms with E-state index >= 15 is 0 Å². The standard InChI is InChI=1S/C13H24N2O2/c1-11(2,3)17-10(16)15-9-12-4-6-13(14,8-12)7-5-12/h4-9,14H2,1-3H3,(H,15,16). The molecule has 0 heterocycles. The maximum atomic E-state index is 11.6. The van der Waals surface area contributed by atoms with E-state index in [9.17, 15) is 4.79 Å². The summed E-state index contributed by atoms with van der Waals surface area (Å²) in [5, 5.41) is 2.90. The summed E-state index contributed by atoms with van der Waals surface area (Å²) in [7, 11) is 0. The summed E-state index contributed by atoms with van der Waals surface area (Å²) in [6.07, 6.45) is 5.22. The Bertz CT molecular complexity index is 312. The molecule has 0 saturated heterocycles. The molecule has 2 bridgehead atoms. The topological polar surface area (TPSA) is 64.3 Å². The molecule has 3 N–H and O–H groups in total. The van der Waals surface area contributed by atoms with Crippen LogP contribution < -0.4 is 11.1 Å². The normalized spacial score (nSPS) is 36.0. The number of fused-ring (bicyclic) bond motifs is 2. The van der Waals surface area contributed by atoms with Gasteiger partial charge in [-0.1, -0.05) is 0 Å². The molecule has 0 atom stereocenters. The van der Waals surface area contributed by atoms with Gasteiger partial charge in [0.15, 0.2) is 0 Å². The molecule has 0 unspecified atom stereocenters. The summed E-state index contributed by atoms with van der Waals surface area (Å²) in [6.45, 7) is 6.34. The van der Waals surface area contributed by atoms with Gasteiger partial charge < -0.3 is 15.8 Å². The van der Waals surface area contributed by atoms with Crippen molar-refractivity contribution >= 4 is 6.09 Å². The molecule has 0 spiro atoms. The lowest BCUT2D eigenvalue weighted by Crippen LogP contribution is -2.38. The molecule has 4 nitrogen and oxygen atoms in total. The van der Waals surface area contributed by atoms with Gasteiger partial charge >= 0.3 is 6.09 Å². The van der Waals surface area contributed by atoms with Crippen molar-refractivity contribution in [2.24, 2.45) is 11.1 Å². The lowest BCUT2D eigenvalue weighted by atomic mass is 9.84. The van der Waals surface area contributed by atoms with Gasteiger partial charge in [0.25, 0.3) is 0 Å². The number of hydrogen-bond acceptors (Lipinski definition) is 3. The molecule has 1 amide bonds. The zero-order chi connectivity index (χ0) is 12.7. The Morgan fingerprint density at radius 3 is 2.29 bits per heavy atom. The smallest absolute Gasteiger partial charge is 0.407 e. The van der Waals surface area contributed by atoms with E-state index in [2.05, 4.69) is 5.32 Å². The molecule has 17 heavy (non-hydrogen) atoms. The highest BCUT2D eigenvalue weighted by Crippen LogP contribution is 2.54. The molecule has 2 rings (SSSR count). The number of carbonyl (C=O) groups excluding carboxylic acids is 1. The van der Waals surface area contributed by atoms with Crippen LogP contribution in [-0.4, -0.2) is 23.8 Å². The van der Waals surface area contributed by atoms with Crippen molar-refractivity contribution in [1.82, 2.24) is 5.32 Å². The van der Waals surface area contributed by atoms with Gasteiger partial charge in [-0.15, -0.1) is 0 Å². The van der Waals surface area contributed by atoms with Crippen LogP contribution in [0, 0.1) is 5.41 Å². The third-order valence-electron chi connectivity index (χ3n) is 4.04. The van der Waals surface area contributed by atoms with Crippen molar-refractivity contribution in [1.29, 1.82) is 0 Å². The second kappa shape index (κ2) is 3.87. The number of rotatable bonds is 2. The van der Waals surface area contributed by atoms with Crippen LogP contribution in [0.2, 0.25) is 0 Å². The molecule has 0 radical (unpaired) electrons. The second-order valence-corrected chi connectivity index (χ2v) is 6.89. The van der Waals surface area contributed by atoms with Crippen molar-refractivity contribution < 1.29 is 9.53 Å². The Morgan fingerprint density at radius 2 is 1.88 bits per heavy atom. The van der Waals surface area contributed by atoms with Gasteiger partial charge in [0.2, 0.25) is 0 Å². The van der Waals surface area contributed by atoms with Crippen LogP contribution in [0.3, 0.4) is 0 Å². The highest BCUT2D eigenvalue weighted by atomic mass is 16.6. The fourth-order valence-electron chi connectivity index (χ4n) is 3.19. The zero-order valence-corrected chi connectivity index (χ0v) is 11.1. The Morgan fingerprint density at radius 1 is 1.29 bits per heavy atom. The van der Waals surface area contributed by atoms with Gasteiger partial charge in [-0.05, 0) is 58.3 Å². The van der Waals surface area contributed by atoms with Crippen molar-refractivity contribution in [2.75, 3.05) is 6.54 Å². The fraction of sp³-hybridized carbons (Fsp3) is 0.923. The molecule has 0 aromatic rings. The molecule has 4 heteroatoms. The average molecular weight is 240 g/mol. The Hall–Kier alpha value is -0.770. The molecule has 0 aromatic heterocycles. The predicted octanol–water partition coefficient (Wildman–Crippen LogP) is 2.17. The first-order valence-electron chi connectivity index (χ1n) is 6.48. The second-order valence-electron chi connectivity index (χ2n) is 6.89. The summed E-state index contributed by atoms with van der Waals surface area (Å²) in [5.74, 6) is 0. The van der Waals surface area contributed by atoms with Crippen LogP contribution in [0.4, 0.5) is 4.79 Å². The van der Waals surface area contributed by atoms with Crippen LogP contribution in [0.1, 0.15) is 52.9 Å². The van der Waals surface area contributed by atoms with Crippen molar-refractivity contribution in [3.63, 3.8) is 0 Å². The highest BCUT2D eigenvalue weighted by Gasteiger charge is 2.52. The predicted molar refractivity (Wildman–Crippen MR) is 66.7 cm³/mol. The molecular formula is C13H24N2O2. The van der Waals surface area contributed by atoms with Gasteiger partial charge in [-0.2, -0.15) is 0 Å². The van der Waals surface area contributed by atoms with Crippen molar-refractivity contribution in [3.05, 3.63) is 0 Å². The first-order valence-corrected chi connectivity index (χ1v) is 6.48. The van der Waals surface area contributed by atoms with E-state index in [1.807, 2.05) is 20.8 Å². The molecule has 98 valence electrons. The molecule has 0 aliphatic heterocycles. The first kappa shape index (κ1) is 12.7. The first-order chi connectivity index (χ1) is 7.72. The van der Waals surface area contributed by atoms with Gasteiger partial charge in [0.05, 0.1) is 0 Å². The Balaban J connectivity index is 1.82. The monoisotopic (exact) mass is 240 g/mol. The van der Waals surface area contributed by atoms with E-state index in [0.29, 0.717) is 6.54 Å². The number of alkyl carbamates (subject to hydrolysis) is 1. The average Bonchev–Trinajstić information content (AvgIpc) is 2.66. The minimum atomic E-state index is -0.426. The lowest BCUT2D eigenvalue weighted by molar-refractivity contribution is 0.0500. The van der Waals surface area contributed by atoms with Crippen LogP contribution in [0.25, 0.3) is 0 Å². The summed E-state index contributed by atoms with van der Waals surface area (Å²) < 4.78 is 5.24. The molecule has 2 aliphatic rings. The van der Waals surface area contributed by atoms with E-state index in [1.165, 1.54) is 0 Å². The van der Waals surface area contributed by atoms with Gasteiger partial charge in [-0.25, -0.2) is 4.79 Å². The minimum absolute atomic E-state index is 0.0512. The summed E-state index contributed by atoms with van der Waals surface area (Å²) >= 11 is 0. The van der Waals surface area contributed by atoms with E-state index in [4.69, 9.17) is 10.5 Å². The van der Waals surface area contributed by atoms with Gasteiger partial charge in [0, 0.05) is 12.1 Å². The van der Waals surface area contributed by atoms with Crippen LogP contribution in [0.15, 0.2) is 0 Å². The van der Waals surface area contributed by atoms with Gasteiger partial charge in [-0.3, -0.25) is 0 Å². The fourth-order valence-corrected chi connectivity index (χ4v) is 3.19. The van der Waals surface area contributed by atoms with E-state index in [-0.39, 0.29) is 17.0 Å². The SMILES string of the molecule is CC(C)(C)OC(=O)NCC12CCC(N)(CC1)C2. The van der Waals surface area contributed by atoms with E-state index in [1.54, 1.807) is 0 Å². The zero-order valence-electron chi connectivity index (χ0n) is 11.1. The number of hydrogen-bond donors (Lipinski definition) is 2. The van der Waals surface area contributed by atoms with Crippen molar-refractivity contribution in [2.45, 2.75) is 64.0 Å². The maximum Gasteiger partial charge on any atom is 0.407 e. The van der Waals surface area contributed by atoms with E-state index in [0.717, 1.165) is 32.1 Å². The Labute approximate surface area is 103 Å². The molecular weight excluding hydrogens is 216 g/mol. The summed E-state index contributed by atoms with van der Waals surface area (Å²) in [4.78, 5) is 11.6. The number of carbonyl (C=O) groups is 1.